The molecule has 0 saturated carbocycles. The van der Waals surface area contributed by atoms with Gasteiger partial charge in [-0.05, 0) is 43.9 Å². The summed E-state index contributed by atoms with van der Waals surface area (Å²) in [6.07, 6.45) is 7.83. The number of pyridine rings is 1. The lowest BCUT2D eigenvalue weighted by molar-refractivity contribution is 0.134. The summed E-state index contributed by atoms with van der Waals surface area (Å²) < 4.78 is 1.98. The molecule has 2 N–H and O–H groups in total. The van der Waals surface area contributed by atoms with Crippen molar-refractivity contribution in [2.45, 2.75) is 51.9 Å². The zero-order valence-corrected chi connectivity index (χ0v) is 19.2. The Bertz CT molecular complexity index is 1010. The number of aryl methyl sites for hydroxylation is 1. The van der Waals surface area contributed by atoms with Crippen molar-refractivity contribution >= 4 is 5.96 Å². The van der Waals surface area contributed by atoms with Crippen molar-refractivity contribution in [1.82, 2.24) is 30.1 Å². The normalized spacial score (nSPS) is 19.7. The van der Waals surface area contributed by atoms with Crippen LogP contribution in [0.4, 0.5) is 0 Å². The van der Waals surface area contributed by atoms with Gasteiger partial charge in [0.15, 0.2) is 5.96 Å². The largest absolute Gasteiger partial charge is 0.354 e. The summed E-state index contributed by atoms with van der Waals surface area (Å²) in [7, 11) is 1.83. The van der Waals surface area contributed by atoms with Gasteiger partial charge in [-0.15, -0.1) is 0 Å². The number of hydrogen-bond donors (Lipinski definition) is 2. The quantitative estimate of drug-likeness (QED) is 0.463. The van der Waals surface area contributed by atoms with Crippen LogP contribution in [-0.2, 0) is 13.1 Å². The fourth-order valence-corrected chi connectivity index (χ4v) is 4.26. The zero-order chi connectivity index (χ0) is 22.3. The standard InChI is InChI=1S/C25H33N7/c1-19-15-23(11-13-31(19)18-21-7-5-4-6-8-21)30-25(26-3)29-17-22-9-10-24(28-16-22)32-14-12-27-20(32)2/h4-10,12,14,16,19,23H,11,13,15,17-18H2,1-3H3,(H2,26,29,30). The first-order chi connectivity index (χ1) is 15.6. The van der Waals surface area contributed by atoms with E-state index in [4.69, 9.17) is 0 Å². The molecule has 0 bridgehead atoms. The van der Waals surface area contributed by atoms with Gasteiger partial charge in [0.05, 0.1) is 0 Å². The number of aromatic nitrogens is 3. The predicted octanol–water partition coefficient (Wildman–Crippen LogP) is 3.29. The molecule has 4 rings (SSSR count). The molecule has 2 atom stereocenters. The van der Waals surface area contributed by atoms with E-state index in [1.165, 1.54) is 5.56 Å². The number of hydrogen-bond acceptors (Lipinski definition) is 4. The second-order valence-corrected chi connectivity index (χ2v) is 8.47. The van der Waals surface area contributed by atoms with Gasteiger partial charge in [0.25, 0.3) is 0 Å². The lowest BCUT2D eigenvalue weighted by Crippen LogP contribution is -2.51. The van der Waals surface area contributed by atoms with E-state index in [0.29, 0.717) is 18.6 Å². The summed E-state index contributed by atoms with van der Waals surface area (Å²) in [4.78, 5) is 15.8. The molecule has 1 aliphatic rings. The van der Waals surface area contributed by atoms with Crippen molar-refractivity contribution in [2.24, 2.45) is 4.99 Å². The Labute approximate surface area is 190 Å². The van der Waals surface area contributed by atoms with Gasteiger partial charge in [-0.2, -0.15) is 0 Å². The molecule has 32 heavy (non-hydrogen) atoms. The molecule has 1 aliphatic heterocycles. The van der Waals surface area contributed by atoms with Crippen molar-refractivity contribution in [3.8, 4) is 5.82 Å². The van der Waals surface area contributed by atoms with E-state index in [9.17, 15) is 0 Å². The van der Waals surface area contributed by atoms with Gasteiger partial charge in [0, 0.05) is 57.4 Å². The minimum atomic E-state index is 0.424. The average Bonchev–Trinajstić information content (AvgIpc) is 3.25. The van der Waals surface area contributed by atoms with E-state index in [1.54, 1.807) is 6.20 Å². The lowest BCUT2D eigenvalue weighted by atomic mass is 9.97. The molecular weight excluding hydrogens is 398 g/mol. The van der Waals surface area contributed by atoms with Crippen LogP contribution in [0.2, 0.25) is 0 Å². The third-order valence-electron chi connectivity index (χ3n) is 6.15. The molecule has 0 aliphatic carbocycles. The maximum Gasteiger partial charge on any atom is 0.191 e. The first kappa shape index (κ1) is 22.0. The molecular formula is C25H33N7. The number of guanidine groups is 1. The van der Waals surface area contributed by atoms with E-state index in [1.807, 2.05) is 37.0 Å². The Kier molecular flexibility index (Phi) is 7.17. The average molecular weight is 432 g/mol. The highest BCUT2D eigenvalue weighted by molar-refractivity contribution is 5.79. The van der Waals surface area contributed by atoms with E-state index in [-0.39, 0.29) is 0 Å². The Morgan fingerprint density at radius 3 is 2.62 bits per heavy atom. The molecule has 0 spiro atoms. The molecule has 1 aromatic carbocycles. The van der Waals surface area contributed by atoms with Crippen LogP contribution in [0.1, 0.15) is 36.7 Å². The van der Waals surface area contributed by atoms with Gasteiger partial charge in [0.2, 0.25) is 0 Å². The Balaban J connectivity index is 1.26. The zero-order valence-electron chi connectivity index (χ0n) is 19.2. The van der Waals surface area contributed by atoms with Crippen LogP contribution in [0.25, 0.3) is 5.82 Å². The summed E-state index contributed by atoms with van der Waals surface area (Å²) in [6, 6.07) is 15.8. The van der Waals surface area contributed by atoms with Crippen molar-refractivity contribution in [3.63, 3.8) is 0 Å². The van der Waals surface area contributed by atoms with E-state index in [2.05, 4.69) is 73.8 Å². The minimum Gasteiger partial charge on any atom is -0.354 e. The number of aliphatic imine (C=N–C) groups is 1. The molecule has 7 heteroatoms. The van der Waals surface area contributed by atoms with E-state index >= 15 is 0 Å². The number of piperidine rings is 1. The van der Waals surface area contributed by atoms with E-state index in [0.717, 1.165) is 49.1 Å². The topological polar surface area (TPSA) is 70.4 Å². The molecule has 168 valence electrons. The van der Waals surface area contributed by atoms with Crippen molar-refractivity contribution in [3.05, 3.63) is 78.0 Å². The van der Waals surface area contributed by atoms with Gasteiger partial charge in [-0.3, -0.25) is 14.5 Å². The number of benzene rings is 1. The SMILES string of the molecule is CN=C(NCc1ccc(-n2ccnc2C)nc1)NC1CCN(Cc2ccccc2)C(C)C1. The van der Waals surface area contributed by atoms with Crippen LogP contribution >= 0.6 is 0 Å². The lowest BCUT2D eigenvalue weighted by Gasteiger charge is -2.38. The summed E-state index contributed by atoms with van der Waals surface area (Å²) >= 11 is 0. The maximum absolute atomic E-state index is 4.57. The summed E-state index contributed by atoms with van der Waals surface area (Å²) in [5.41, 5.74) is 2.49. The summed E-state index contributed by atoms with van der Waals surface area (Å²) in [5, 5.41) is 7.04. The highest BCUT2D eigenvalue weighted by Gasteiger charge is 2.25. The summed E-state index contributed by atoms with van der Waals surface area (Å²) in [5.74, 6) is 2.65. The van der Waals surface area contributed by atoms with Crippen molar-refractivity contribution < 1.29 is 0 Å². The highest BCUT2D eigenvalue weighted by Crippen LogP contribution is 2.20. The van der Waals surface area contributed by atoms with Gasteiger partial charge in [-0.25, -0.2) is 9.97 Å². The highest BCUT2D eigenvalue weighted by atomic mass is 15.2. The van der Waals surface area contributed by atoms with Crippen molar-refractivity contribution in [2.75, 3.05) is 13.6 Å². The smallest absolute Gasteiger partial charge is 0.191 e. The van der Waals surface area contributed by atoms with Crippen LogP contribution in [0.5, 0.6) is 0 Å². The number of rotatable bonds is 6. The maximum atomic E-state index is 4.57. The monoisotopic (exact) mass is 431 g/mol. The van der Waals surface area contributed by atoms with Crippen LogP contribution in [0, 0.1) is 6.92 Å². The first-order valence-electron chi connectivity index (χ1n) is 11.3. The molecule has 7 nitrogen and oxygen atoms in total. The molecule has 1 fully saturated rings. The molecule has 0 radical (unpaired) electrons. The van der Waals surface area contributed by atoms with Crippen molar-refractivity contribution in [1.29, 1.82) is 0 Å². The van der Waals surface area contributed by atoms with Crippen LogP contribution in [0.3, 0.4) is 0 Å². The summed E-state index contributed by atoms with van der Waals surface area (Å²) in [6.45, 7) is 7.08. The number of nitrogens with one attached hydrogen (secondary N) is 2. The fourth-order valence-electron chi connectivity index (χ4n) is 4.26. The third kappa shape index (κ3) is 5.53. The molecule has 2 aromatic heterocycles. The number of likely N-dealkylation sites (tertiary alicyclic amines) is 1. The van der Waals surface area contributed by atoms with Crippen LogP contribution < -0.4 is 10.6 Å². The van der Waals surface area contributed by atoms with Gasteiger partial charge in [-0.1, -0.05) is 36.4 Å². The number of nitrogens with zero attached hydrogens (tertiary/aromatic N) is 5. The molecule has 3 aromatic rings. The molecule has 3 heterocycles. The number of imidazole rings is 1. The minimum absolute atomic E-state index is 0.424. The van der Waals surface area contributed by atoms with Gasteiger partial charge >= 0.3 is 0 Å². The molecule has 1 saturated heterocycles. The fraction of sp³-hybridized carbons (Fsp3) is 0.400. The predicted molar refractivity (Wildman–Crippen MR) is 129 cm³/mol. The second-order valence-electron chi connectivity index (χ2n) is 8.47. The third-order valence-corrected chi connectivity index (χ3v) is 6.15. The van der Waals surface area contributed by atoms with Gasteiger partial charge in [0.1, 0.15) is 11.6 Å². The Morgan fingerprint density at radius 1 is 1.12 bits per heavy atom. The van der Waals surface area contributed by atoms with Gasteiger partial charge < -0.3 is 10.6 Å². The molecule has 0 amide bonds. The van der Waals surface area contributed by atoms with E-state index < -0.39 is 0 Å². The van der Waals surface area contributed by atoms with Crippen LogP contribution in [0.15, 0.2) is 66.0 Å². The Morgan fingerprint density at radius 2 is 1.97 bits per heavy atom. The molecule has 2 unspecified atom stereocenters. The first-order valence-corrected chi connectivity index (χ1v) is 11.3. The Hall–Kier alpha value is -3.19. The van der Waals surface area contributed by atoms with Crippen LogP contribution in [-0.4, -0.2) is 51.1 Å². The second kappa shape index (κ2) is 10.4.